The monoisotopic (exact) mass is 316 g/mol. The summed E-state index contributed by atoms with van der Waals surface area (Å²) < 4.78 is -0.108. The Bertz CT molecular complexity index is 627. The van der Waals surface area contributed by atoms with Crippen LogP contribution in [0.1, 0.15) is 24.2 Å². The zero-order valence-electron chi connectivity index (χ0n) is 11.9. The Morgan fingerprint density at radius 3 is 2.43 bits per heavy atom. The van der Waals surface area contributed by atoms with E-state index in [1.165, 1.54) is 11.8 Å². The highest BCUT2D eigenvalue weighted by atomic mass is 32.2. The number of hydrogen-bond acceptors (Lipinski definition) is 4. The molecular formula is C16H16N2OS2. The second-order valence-electron chi connectivity index (χ2n) is 4.93. The zero-order valence-corrected chi connectivity index (χ0v) is 13.5. The van der Waals surface area contributed by atoms with E-state index in [0.29, 0.717) is 15.7 Å². The molecule has 0 aliphatic heterocycles. The first-order valence-electron chi connectivity index (χ1n) is 6.50. The van der Waals surface area contributed by atoms with Crippen LogP contribution in [0.25, 0.3) is 0 Å². The molecule has 0 spiro atoms. The molecule has 1 heterocycles. The molecule has 21 heavy (non-hydrogen) atoms. The number of thiocarbonyl (C=S) groups is 1. The standard InChI is InChI=1S/C16H16N2OS2/c1-16(2,14(19)12-8-4-3-5-9-12)21-15(20)18-13-10-6-7-11-17-13/h3-11H,1-2H3,(H,17,18,20). The van der Waals surface area contributed by atoms with Crippen molar-refractivity contribution in [2.75, 3.05) is 5.32 Å². The average molecular weight is 316 g/mol. The first-order valence-corrected chi connectivity index (χ1v) is 7.72. The molecule has 0 saturated heterocycles. The molecule has 5 heteroatoms. The molecule has 0 fully saturated rings. The molecule has 0 atom stereocenters. The SMILES string of the molecule is CC(C)(SC(=S)Nc1ccccn1)C(=O)c1ccccc1. The van der Waals surface area contributed by atoms with Gasteiger partial charge < -0.3 is 5.32 Å². The molecule has 0 aliphatic rings. The van der Waals surface area contributed by atoms with E-state index in [1.807, 2.05) is 62.4 Å². The Morgan fingerprint density at radius 1 is 1.14 bits per heavy atom. The number of carbonyl (C=O) groups excluding carboxylic acids is 1. The van der Waals surface area contributed by atoms with Gasteiger partial charge in [-0.2, -0.15) is 0 Å². The van der Waals surface area contributed by atoms with E-state index in [4.69, 9.17) is 12.2 Å². The summed E-state index contributed by atoms with van der Waals surface area (Å²) >= 11 is 6.64. The van der Waals surface area contributed by atoms with E-state index < -0.39 is 4.75 Å². The number of anilines is 1. The Labute approximate surface area is 134 Å². The number of nitrogens with zero attached hydrogens (tertiary/aromatic N) is 1. The molecule has 0 saturated carbocycles. The van der Waals surface area contributed by atoms with Gasteiger partial charge in [0, 0.05) is 11.8 Å². The summed E-state index contributed by atoms with van der Waals surface area (Å²) in [7, 11) is 0. The summed E-state index contributed by atoms with van der Waals surface area (Å²) in [5.74, 6) is 0.733. The minimum absolute atomic E-state index is 0.0540. The summed E-state index contributed by atoms with van der Waals surface area (Å²) in [6.45, 7) is 3.75. The third-order valence-corrected chi connectivity index (χ3v) is 4.16. The molecule has 1 aromatic heterocycles. The van der Waals surface area contributed by atoms with E-state index in [2.05, 4.69) is 10.3 Å². The predicted molar refractivity (Wildman–Crippen MR) is 92.9 cm³/mol. The fourth-order valence-electron chi connectivity index (χ4n) is 1.78. The maximum absolute atomic E-state index is 12.5. The van der Waals surface area contributed by atoms with Crippen LogP contribution in [-0.4, -0.2) is 19.8 Å². The maximum Gasteiger partial charge on any atom is 0.178 e. The van der Waals surface area contributed by atoms with Gasteiger partial charge in [0.05, 0.1) is 4.75 Å². The lowest BCUT2D eigenvalue weighted by molar-refractivity contribution is 0.0958. The van der Waals surface area contributed by atoms with Crippen molar-refractivity contribution in [2.45, 2.75) is 18.6 Å². The summed E-state index contributed by atoms with van der Waals surface area (Å²) in [5.41, 5.74) is 0.690. The summed E-state index contributed by atoms with van der Waals surface area (Å²) in [5, 5.41) is 3.04. The van der Waals surface area contributed by atoms with Crippen molar-refractivity contribution in [1.82, 2.24) is 4.98 Å². The van der Waals surface area contributed by atoms with E-state index in [-0.39, 0.29) is 5.78 Å². The van der Waals surface area contributed by atoms with Crippen molar-refractivity contribution in [3.8, 4) is 0 Å². The van der Waals surface area contributed by atoms with Crippen LogP contribution in [0.5, 0.6) is 0 Å². The number of benzene rings is 1. The highest BCUT2D eigenvalue weighted by Crippen LogP contribution is 2.30. The third-order valence-electron chi connectivity index (χ3n) is 2.83. The second kappa shape index (κ2) is 6.83. The second-order valence-corrected chi connectivity index (χ2v) is 7.23. The van der Waals surface area contributed by atoms with E-state index in [9.17, 15) is 4.79 Å². The van der Waals surface area contributed by atoms with Gasteiger partial charge in [-0.15, -0.1) is 0 Å². The number of carbonyl (C=O) groups is 1. The molecule has 2 rings (SSSR count). The zero-order chi connectivity index (χ0) is 15.3. The molecule has 1 N–H and O–H groups in total. The highest BCUT2D eigenvalue weighted by Gasteiger charge is 2.30. The smallest absolute Gasteiger partial charge is 0.178 e. The first kappa shape index (κ1) is 15.7. The number of pyridine rings is 1. The Balaban J connectivity index is 2.03. The molecule has 108 valence electrons. The quantitative estimate of drug-likeness (QED) is 0.677. The minimum Gasteiger partial charge on any atom is -0.326 e. The van der Waals surface area contributed by atoms with Crippen LogP contribution >= 0.6 is 24.0 Å². The number of rotatable bonds is 4. The van der Waals surface area contributed by atoms with Gasteiger partial charge in [0.1, 0.15) is 10.1 Å². The summed E-state index contributed by atoms with van der Waals surface area (Å²) in [6.07, 6.45) is 1.69. The van der Waals surface area contributed by atoms with Crippen LogP contribution in [0.15, 0.2) is 54.7 Å². The van der Waals surface area contributed by atoms with Gasteiger partial charge in [0.25, 0.3) is 0 Å². The number of hydrogen-bond donors (Lipinski definition) is 1. The number of Topliss-reactive ketones (excluding diaryl/α,β-unsaturated/α-hetero) is 1. The van der Waals surface area contributed by atoms with E-state index in [0.717, 1.165) is 0 Å². The van der Waals surface area contributed by atoms with Crippen molar-refractivity contribution in [2.24, 2.45) is 0 Å². The molecule has 1 aromatic carbocycles. The Kier molecular flexibility index (Phi) is 5.09. The van der Waals surface area contributed by atoms with Crippen molar-refractivity contribution in [3.05, 3.63) is 60.3 Å². The van der Waals surface area contributed by atoms with Gasteiger partial charge in [-0.3, -0.25) is 4.79 Å². The van der Waals surface area contributed by atoms with E-state index in [1.54, 1.807) is 6.20 Å². The Morgan fingerprint density at radius 2 is 1.81 bits per heavy atom. The van der Waals surface area contributed by atoms with Crippen LogP contribution in [0.4, 0.5) is 5.82 Å². The van der Waals surface area contributed by atoms with Crippen molar-refractivity contribution in [3.63, 3.8) is 0 Å². The van der Waals surface area contributed by atoms with Gasteiger partial charge >= 0.3 is 0 Å². The maximum atomic E-state index is 12.5. The largest absolute Gasteiger partial charge is 0.326 e. The lowest BCUT2D eigenvalue weighted by Crippen LogP contribution is -2.30. The van der Waals surface area contributed by atoms with Crippen LogP contribution in [0.2, 0.25) is 0 Å². The molecule has 3 nitrogen and oxygen atoms in total. The fourth-order valence-corrected chi connectivity index (χ4v) is 3.34. The van der Waals surface area contributed by atoms with E-state index >= 15 is 0 Å². The average Bonchev–Trinajstić information content (AvgIpc) is 2.47. The molecule has 0 bridgehead atoms. The predicted octanol–water partition coefficient (Wildman–Crippen LogP) is 4.17. The normalized spacial score (nSPS) is 11.0. The number of aromatic nitrogens is 1. The molecule has 0 unspecified atom stereocenters. The molecule has 0 radical (unpaired) electrons. The van der Waals surface area contributed by atoms with Crippen molar-refractivity contribution >= 4 is 39.9 Å². The fraction of sp³-hybridized carbons (Fsp3) is 0.188. The lowest BCUT2D eigenvalue weighted by atomic mass is 10.0. The number of thioether (sulfide) groups is 1. The van der Waals surface area contributed by atoms with Gasteiger partial charge in [0.2, 0.25) is 0 Å². The van der Waals surface area contributed by atoms with Gasteiger partial charge in [0.15, 0.2) is 5.78 Å². The number of ketones is 1. The van der Waals surface area contributed by atoms with Crippen LogP contribution in [0, 0.1) is 0 Å². The molecular weight excluding hydrogens is 300 g/mol. The summed E-state index contributed by atoms with van der Waals surface area (Å²) in [6, 6.07) is 14.8. The summed E-state index contributed by atoms with van der Waals surface area (Å²) in [4.78, 5) is 16.7. The lowest BCUT2D eigenvalue weighted by Gasteiger charge is -2.23. The molecule has 2 aromatic rings. The molecule has 0 aliphatic carbocycles. The van der Waals surface area contributed by atoms with Crippen molar-refractivity contribution in [1.29, 1.82) is 0 Å². The van der Waals surface area contributed by atoms with Gasteiger partial charge in [-0.1, -0.05) is 60.4 Å². The first-order chi connectivity index (χ1) is 9.99. The van der Waals surface area contributed by atoms with Gasteiger partial charge in [-0.05, 0) is 26.0 Å². The minimum atomic E-state index is -0.639. The number of nitrogens with one attached hydrogen (secondary N) is 1. The topological polar surface area (TPSA) is 42.0 Å². The van der Waals surface area contributed by atoms with Crippen LogP contribution in [0.3, 0.4) is 0 Å². The van der Waals surface area contributed by atoms with Gasteiger partial charge in [-0.25, -0.2) is 4.98 Å². The Hall–Kier alpha value is -1.72. The highest BCUT2D eigenvalue weighted by molar-refractivity contribution is 8.24. The third kappa shape index (κ3) is 4.37. The molecule has 0 amide bonds. The van der Waals surface area contributed by atoms with Crippen LogP contribution in [-0.2, 0) is 0 Å². The van der Waals surface area contributed by atoms with Crippen molar-refractivity contribution < 1.29 is 4.79 Å². The van der Waals surface area contributed by atoms with Crippen LogP contribution < -0.4 is 5.32 Å².